The van der Waals surface area contributed by atoms with Gasteiger partial charge in [-0.3, -0.25) is 14.4 Å². The average molecular weight is 264 g/mol. The molecule has 0 rings (SSSR count). The summed E-state index contributed by atoms with van der Waals surface area (Å²) in [7, 11) is 3.81. The number of rotatable bonds is 7. The van der Waals surface area contributed by atoms with Crippen molar-refractivity contribution in [3.63, 3.8) is 0 Å². The molecule has 7 heteroatoms. The van der Waals surface area contributed by atoms with E-state index in [0.717, 1.165) is 0 Å². The van der Waals surface area contributed by atoms with Gasteiger partial charge >= 0.3 is 17.9 Å². The molecule has 0 aromatic heterocycles. The van der Waals surface area contributed by atoms with Crippen molar-refractivity contribution in [1.82, 2.24) is 0 Å². The van der Waals surface area contributed by atoms with Gasteiger partial charge < -0.3 is 14.2 Å². The normalized spacial score (nSPS) is 9.88. The van der Waals surface area contributed by atoms with Gasteiger partial charge in [0.2, 0.25) is 0 Å². The number of carbonyl (C=O) groups is 3. The molecule has 0 unspecified atom stereocenters. The third kappa shape index (κ3) is 7.62. The van der Waals surface area contributed by atoms with Crippen LogP contribution in [0.15, 0.2) is 0 Å². The quantitative estimate of drug-likeness (QED) is 0.486. The molecule has 0 aliphatic heterocycles. The minimum atomic E-state index is -0.434. The minimum Gasteiger partial charge on any atom is -0.469 e. The van der Waals surface area contributed by atoms with Gasteiger partial charge in [-0.05, 0) is 0 Å². The van der Waals surface area contributed by atoms with Crippen LogP contribution in [0.25, 0.3) is 0 Å². The van der Waals surface area contributed by atoms with Crippen LogP contribution >= 0.6 is 11.8 Å². The number of thioether (sulfide) groups is 1. The summed E-state index contributed by atoms with van der Waals surface area (Å²) in [5.74, 6) is -1.20. The van der Waals surface area contributed by atoms with Crippen molar-refractivity contribution >= 4 is 29.7 Å². The molecule has 6 nitrogen and oxygen atoms in total. The van der Waals surface area contributed by atoms with Gasteiger partial charge in [0.25, 0.3) is 0 Å². The first-order chi connectivity index (χ1) is 8.03. The van der Waals surface area contributed by atoms with Crippen molar-refractivity contribution in [2.24, 2.45) is 0 Å². The lowest BCUT2D eigenvalue weighted by Crippen LogP contribution is -2.19. The molecule has 0 radical (unpaired) electrons. The minimum absolute atomic E-state index is 0.0489. The Morgan fingerprint density at radius 1 is 0.882 bits per heavy atom. The summed E-state index contributed by atoms with van der Waals surface area (Å²) in [6.45, 7) is 0. The Labute approximate surface area is 104 Å². The highest BCUT2D eigenvalue weighted by Crippen LogP contribution is 2.19. The van der Waals surface area contributed by atoms with Crippen LogP contribution in [-0.4, -0.2) is 50.2 Å². The van der Waals surface area contributed by atoms with Crippen molar-refractivity contribution < 1.29 is 28.6 Å². The maximum atomic E-state index is 11.1. The molecule has 0 aromatic rings. The van der Waals surface area contributed by atoms with Crippen LogP contribution in [0.4, 0.5) is 0 Å². The van der Waals surface area contributed by atoms with Crippen LogP contribution < -0.4 is 0 Å². The number of hydrogen-bond acceptors (Lipinski definition) is 7. The first kappa shape index (κ1) is 15.8. The SMILES string of the molecule is COC(=O)CSC(CC(=O)OC)CC(=O)OC. The van der Waals surface area contributed by atoms with E-state index in [1.807, 2.05) is 0 Å². The second kappa shape index (κ2) is 8.86. The van der Waals surface area contributed by atoms with Crippen molar-refractivity contribution in [3.8, 4) is 0 Å². The van der Waals surface area contributed by atoms with E-state index in [9.17, 15) is 14.4 Å². The predicted octanol–water partition coefficient (Wildman–Crippen LogP) is 0.387. The van der Waals surface area contributed by atoms with E-state index in [1.54, 1.807) is 0 Å². The number of hydrogen-bond donors (Lipinski definition) is 0. The lowest BCUT2D eigenvalue weighted by atomic mass is 10.2. The molecular weight excluding hydrogens is 248 g/mol. The molecular formula is C10H16O6S. The van der Waals surface area contributed by atoms with Crippen LogP contribution in [0.2, 0.25) is 0 Å². The first-order valence-corrected chi connectivity index (χ1v) is 5.90. The Bertz CT molecular complexity index is 260. The first-order valence-electron chi connectivity index (χ1n) is 4.85. The fourth-order valence-corrected chi connectivity index (χ4v) is 1.97. The van der Waals surface area contributed by atoms with E-state index in [2.05, 4.69) is 14.2 Å². The van der Waals surface area contributed by atoms with Crippen LogP contribution in [0, 0.1) is 0 Å². The van der Waals surface area contributed by atoms with Gasteiger partial charge in [0.15, 0.2) is 0 Å². The Balaban J connectivity index is 4.24. The zero-order chi connectivity index (χ0) is 13.3. The number of esters is 3. The summed E-state index contributed by atoms with van der Waals surface area (Å²) in [4.78, 5) is 33.2. The second-order valence-corrected chi connectivity index (χ2v) is 4.36. The van der Waals surface area contributed by atoms with Gasteiger partial charge in [-0.1, -0.05) is 0 Å². The highest BCUT2D eigenvalue weighted by Gasteiger charge is 2.20. The summed E-state index contributed by atoms with van der Waals surface area (Å²) in [5.41, 5.74) is 0. The Morgan fingerprint density at radius 2 is 1.29 bits per heavy atom. The zero-order valence-electron chi connectivity index (χ0n) is 10.1. The van der Waals surface area contributed by atoms with Crippen LogP contribution in [0.3, 0.4) is 0 Å². The Morgan fingerprint density at radius 3 is 1.65 bits per heavy atom. The molecule has 0 N–H and O–H groups in total. The van der Waals surface area contributed by atoms with E-state index >= 15 is 0 Å². The van der Waals surface area contributed by atoms with E-state index in [-0.39, 0.29) is 23.8 Å². The molecule has 0 spiro atoms. The third-order valence-corrected chi connectivity index (χ3v) is 3.12. The van der Waals surface area contributed by atoms with Gasteiger partial charge in [-0.2, -0.15) is 0 Å². The monoisotopic (exact) mass is 264 g/mol. The molecule has 0 aromatic carbocycles. The summed E-state index contributed by atoms with van der Waals surface area (Å²) >= 11 is 1.17. The lowest BCUT2D eigenvalue weighted by molar-refractivity contribution is -0.142. The van der Waals surface area contributed by atoms with Gasteiger partial charge in [0.05, 0.1) is 39.9 Å². The van der Waals surface area contributed by atoms with E-state index in [1.165, 1.54) is 33.1 Å². The molecule has 0 atom stereocenters. The maximum Gasteiger partial charge on any atom is 0.315 e. The zero-order valence-corrected chi connectivity index (χ0v) is 10.9. The van der Waals surface area contributed by atoms with Gasteiger partial charge in [0.1, 0.15) is 0 Å². The lowest BCUT2D eigenvalue weighted by Gasteiger charge is -2.13. The molecule has 98 valence electrons. The molecule has 0 saturated heterocycles. The molecule has 0 saturated carbocycles. The average Bonchev–Trinajstić information content (AvgIpc) is 2.34. The Kier molecular flexibility index (Phi) is 8.21. The highest BCUT2D eigenvalue weighted by molar-refractivity contribution is 8.00. The van der Waals surface area contributed by atoms with E-state index in [0.29, 0.717) is 0 Å². The van der Waals surface area contributed by atoms with E-state index < -0.39 is 17.9 Å². The fourth-order valence-electron chi connectivity index (χ4n) is 0.973. The molecule has 0 fully saturated rings. The number of ether oxygens (including phenoxy) is 3. The van der Waals surface area contributed by atoms with Crippen molar-refractivity contribution in [2.45, 2.75) is 18.1 Å². The van der Waals surface area contributed by atoms with Gasteiger partial charge in [-0.15, -0.1) is 11.8 Å². The van der Waals surface area contributed by atoms with Gasteiger partial charge in [0, 0.05) is 5.25 Å². The molecule has 0 amide bonds. The smallest absolute Gasteiger partial charge is 0.315 e. The highest BCUT2D eigenvalue weighted by atomic mass is 32.2. The number of methoxy groups -OCH3 is 3. The summed E-state index contributed by atoms with van der Waals surface area (Å²) in [6.07, 6.45) is 0.0977. The third-order valence-electron chi connectivity index (χ3n) is 1.91. The maximum absolute atomic E-state index is 11.1. The van der Waals surface area contributed by atoms with Crippen LogP contribution in [0.5, 0.6) is 0 Å². The molecule has 17 heavy (non-hydrogen) atoms. The fraction of sp³-hybridized carbons (Fsp3) is 0.700. The summed E-state index contributed by atoms with van der Waals surface area (Å²) in [6, 6.07) is 0. The van der Waals surface area contributed by atoms with Crippen molar-refractivity contribution in [3.05, 3.63) is 0 Å². The summed E-state index contributed by atoms with van der Waals surface area (Å²) in [5, 5.41) is -0.353. The second-order valence-electron chi connectivity index (χ2n) is 3.07. The van der Waals surface area contributed by atoms with E-state index in [4.69, 9.17) is 0 Å². The topological polar surface area (TPSA) is 78.9 Å². The molecule has 0 aliphatic carbocycles. The van der Waals surface area contributed by atoms with Crippen molar-refractivity contribution in [2.75, 3.05) is 27.1 Å². The molecule has 0 bridgehead atoms. The Hall–Kier alpha value is -1.24. The van der Waals surface area contributed by atoms with Crippen molar-refractivity contribution in [1.29, 1.82) is 0 Å². The molecule has 0 aliphatic rings. The largest absolute Gasteiger partial charge is 0.469 e. The van der Waals surface area contributed by atoms with Crippen LogP contribution in [-0.2, 0) is 28.6 Å². The predicted molar refractivity (Wildman–Crippen MR) is 61.5 cm³/mol. The molecule has 0 heterocycles. The van der Waals surface area contributed by atoms with Crippen LogP contribution in [0.1, 0.15) is 12.8 Å². The van der Waals surface area contributed by atoms with Gasteiger partial charge in [-0.25, -0.2) is 0 Å². The summed E-state index contributed by atoms with van der Waals surface area (Å²) < 4.78 is 13.5. The number of carbonyl (C=O) groups excluding carboxylic acids is 3. The standard InChI is InChI=1S/C10H16O6S/c1-14-8(11)4-7(5-9(12)15-2)17-6-10(13)16-3/h7H,4-6H2,1-3H3.